The maximum absolute atomic E-state index is 11.5. The summed E-state index contributed by atoms with van der Waals surface area (Å²) in [7, 11) is 1.91. The largest absolute Gasteiger partial charge is 0.355 e. The molecule has 1 rings (SSSR count). The third-order valence-electron chi connectivity index (χ3n) is 1.97. The third-order valence-corrected chi connectivity index (χ3v) is 1.97. The lowest BCUT2D eigenvalue weighted by atomic mass is 10.1. The van der Waals surface area contributed by atoms with Gasteiger partial charge in [0, 0.05) is 37.9 Å². The first-order chi connectivity index (χ1) is 7.38. The average Bonchev–Trinajstić information content (AvgIpc) is 2.48. The van der Waals surface area contributed by atoms with Gasteiger partial charge >= 0.3 is 0 Å². The number of rotatable bonds is 4. The molecule has 0 atom stereocenters. The Kier molecular flexibility index (Phi) is 3.93. The van der Waals surface area contributed by atoms with Gasteiger partial charge in [-0.05, 0) is 20.8 Å². The Balaban J connectivity index is 2.26. The van der Waals surface area contributed by atoms with Gasteiger partial charge in [-0.15, -0.1) is 0 Å². The summed E-state index contributed by atoms with van der Waals surface area (Å²) in [6.07, 6.45) is 4.03. The lowest BCUT2D eigenvalue weighted by Gasteiger charge is -2.20. The Bertz CT molecular complexity index is 351. The van der Waals surface area contributed by atoms with E-state index in [-0.39, 0.29) is 11.4 Å². The highest BCUT2D eigenvalue weighted by Crippen LogP contribution is 2.02. The molecule has 0 unspecified atom stereocenters. The fourth-order valence-corrected chi connectivity index (χ4v) is 1.30. The first-order valence-electron chi connectivity index (χ1n) is 5.41. The van der Waals surface area contributed by atoms with Gasteiger partial charge in [-0.1, -0.05) is 0 Å². The van der Waals surface area contributed by atoms with Gasteiger partial charge < -0.3 is 15.2 Å². The highest BCUT2D eigenvalue weighted by Gasteiger charge is 2.13. The molecule has 0 saturated carbocycles. The SMILES string of the molecule is Cn1ccnc1NCCC(=O)NC(C)(C)C. The molecule has 1 aromatic rings. The quantitative estimate of drug-likeness (QED) is 0.806. The first-order valence-corrected chi connectivity index (χ1v) is 5.41. The molecule has 1 amide bonds. The molecular formula is C11H20N4O. The number of amides is 1. The number of aromatic nitrogens is 2. The summed E-state index contributed by atoms with van der Waals surface area (Å²) in [6.45, 7) is 6.50. The van der Waals surface area contributed by atoms with Gasteiger partial charge in [0.1, 0.15) is 0 Å². The van der Waals surface area contributed by atoms with Crippen LogP contribution in [0.25, 0.3) is 0 Å². The minimum Gasteiger partial charge on any atom is -0.355 e. The molecule has 0 aliphatic rings. The van der Waals surface area contributed by atoms with Crippen LogP contribution < -0.4 is 10.6 Å². The predicted octanol–water partition coefficient (Wildman–Crippen LogP) is 1.14. The lowest BCUT2D eigenvalue weighted by molar-refractivity contribution is -0.122. The summed E-state index contributed by atoms with van der Waals surface area (Å²) in [5, 5.41) is 6.01. The van der Waals surface area contributed by atoms with Gasteiger partial charge in [0.05, 0.1) is 0 Å². The van der Waals surface area contributed by atoms with Gasteiger partial charge in [0.25, 0.3) is 0 Å². The van der Waals surface area contributed by atoms with Crippen LogP contribution in [0, 0.1) is 0 Å². The summed E-state index contributed by atoms with van der Waals surface area (Å²) in [6, 6.07) is 0. The van der Waals surface area contributed by atoms with Crippen LogP contribution in [0.5, 0.6) is 0 Å². The van der Waals surface area contributed by atoms with Gasteiger partial charge in [0.15, 0.2) is 0 Å². The molecule has 0 radical (unpaired) electrons. The molecule has 1 heterocycles. The van der Waals surface area contributed by atoms with Crippen LogP contribution in [0.4, 0.5) is 5.95 Å². The maximum Gasteiger partial charge on any atom is 0.222 e. The summed E-state index contributed by atoms with van der Waals surface area (Å²) in [4.78, 5) is 15.6. The van der Waals surface area contributed by atoms with E-state index in [4.69, 9.17) is 0 Å². The number of aryl methyl sites for hydroxylation is 1. The highest BCUT2D eigenvalue weighted by atomic mass is 16.1. The van der Waals surface area contributed by atoms with E-state index in [2.05, 4.69) is 15.6 Å². The molecule has 0 fully saturated rings. The smallest absolute Gasteiger partial charge is 0.222 e. The highest BCUT2D eigenvalue weighted by molar-refractivity contribution is 5.77. The van der Waals surface area contributed by atoms with E-state index in [0.29, 0.717) is 13.0 Å². The van der Waals surface area contributed by atoms with E-state index in [1.165, 1.54) is 0 Å². The number of hydrogen-bond donors (Lipinski definition) is 2. The van der Waals surface area contributed by atoms with Crippen molar-refractivity contribution in [3.8, 4) is 0 Å². The fourth-order valence-electron chi connectivity index (χ4n) is 1.30. The normalized spacial score (nSPS) is 11.2. The van der Waals surface area contributed by atoms with Gasteiger partial charge in [0.2, 0.25) is 11.9 Å². The van der Waals surface area contributed by atoms with Crippen molar-refractivity contribution in [3.63, 3.8) is 0 Å². The number of carbonyl (C=O) groups excluding carboxylic acids is 1. The number of nitrogens with one attached hydrogen (secondary N) is 2. The van der Waals surface area contributed by atoms with Crippen molar-refractivity contribution in [1.82, 2.24) is 14.9 Å². The standard InChI is InChI=1S/C11H20N4O/c1-11(2,3)14-9(16)5-6-12-10-13-7-8-15(10)4/h7-8H,5-6H2,1-4H3,(H,12,13)(H,14,16). The number of carbonyl (C=O) groups is 1. The molecule has 16 heavy (non-hydrogen) atoms. The van der Waals surface area contributed by atoms with E-state index in [1.54, 1.807) is 6.20 Å². The van der Waals surface area contributed by atoms with Crippen LogP contribution in [-0.4, -0.2) is 27.5 Å². The molecule has 0 saturated heterocycles. The Morgan fingerprint density at radius 2 is 2.19 bits per heavy atom. The molecule has 0 spiro atoms. The Labute approximate surface area is 96.3 Å². The number of hydrogen-bond acceptors (Lipinski definition) is 3. The molecule has 0 aliphatic heterocycles. The summed E-state index contributed by atoms with van der Waals surface area (Å²) < 4.78 is 1.88. The van der Waals surface area contributed by atoms with E-state index in [0.717, 1.165) is 5.95 Å². The molecule has 5 nitrogen and oxygen atoms in total. The first kappa shape index (κ1) is 12.5. The van der Waals surface area contributed by atoms with Crippen molar-refractivity contribution in [3.05, 3.63) is 12.4 Å². The number of imidazole rings is 1. The van der Waals surface area contributed by atoms with Crippen molar-refractivity contribution in [2.24, 2.45) is 7.05 Å². The van der Waals surface area contributed by atoms with Crippen LogP contribution in [0.1, 0.15) is 27.2 Å². The van der Waals surface area contributed by atoms with Crippen molar-refractivity contribution in [2.75, 3.05) is 11.9 Å². The monoisotopic (exact) mass is 224 g/mol. The minimum atomic E-state index is -0.166. The Hall–Kier alpha value is -1.52. The fraction of sp³-hybridized carbons (Fsp3) is 0.636. The van der Waals surface area contributed by atoms with E-state index in [1.807, 2.05) is 38.6 Å². The second kappa shape index (κ2) is 5.01. The van der Waals surface area contributed by atoms with E-state index < -0.39 is 0 Å². The molecule has 2 N–H and O–H groups in total. The maximum atomic E-state index is 11.5. The van der Waals surface area contributed by atoms with Crippen LogP contribution >= 0.6 is 0 Å². The lowest BCUT2D eigenvalue weighted by Crippen LogP contribution is -2.41. The number of anilines is 1. The topological polar surface area (TPSA) is 59.0 Å². The van der Waals surface area contributed by atoms with Crippen molar-refractivity contribution < 1.29 is 4.79 Å². The molecule has 90 valence electrons. The van der Waals surface area contributed by atoms with Crippen molar-refractivity contribution in [1.29, 1.82) is 0 Å². The molecular weight excluding hydrogens is 204 g/mol. The number of nitrogens with zero attached hydrogens (tertiary/aromatic N) is 2. The molecule has 1 aromatic heterocycles. The predicted molar refractivity (Wildman–Crippen MR) is 64.2 cm³/mol. The van der Waals surface area contributed by atoms with Gasteiger partial charge in [-0.3, -0.25) is 4.79 Å². The van der Waals surface area contributed by atoms with Crippen LogP contribution in [0.2, 0.25) is 0 Å². The summed E-state index contributed by atoms with van der Waals surface area (Å²) >= 11 is 0. The second-order valence-electron chi connectivity index (χ2n) is 4.84. The zero-order chi connectivity index (χ0) is 12.2. The van der Waals surface area contributed by atoms with Crippen molar-refractivity contribution in [2.45, 2.75) is 32.7 Å². The van der Waals surface area contributed by atoms with E-state index >= 15 is 0 Å². The molecule has 0 bridgehead atoms. The third kappa shape index (κ3) is 4.33. The zero-order valence-corrected chi connectivity index (χ0v) is 10.4. The molecule has 0 aromatic carbocycles. The van der Waals surface area contributed by atoms with Crippen LogP contribution in [0.15, 0.2) is 12.4 Å². The molecule has 0 aliphatic carbocycles. The Morgan fingerprint density at radius 3 is 2.69 bits per heavy atom. The Morgan fingerprint density at radius 1 is 1.50 bits per heavy atom. The molecule has 5 heteroatoms. The van der Waals surface area contributed by atoms with Crippen LogP contribution in [0.3, 0.4) is 0 Å². The van der Waals surface area contributed by atoms with E-state index in [9.17, 15) is 4.79 Å². The van der Waals surface area contributed by atoms with Crippen molar-refractivity contribution >= 4 is 11.9 Å². The van der Waals surface area contributed by atoms with Gasteiger partial charge in [-0.25, -0.2) is 4.98 Å². The zero-order valence-electron chi connectivity index (χ0n) is 10.4. The van der Waals surface area contributed by atoms with Gasteiger partial charge in [-0.2, -0.15) is 0 Å². The second-order valence-corrected chi connectivity index (χ2v) is 4.84. The average molecular weight is 224 g/mol. The minimum absolute atomic E-state index is 0.0502. The summed E-state index contributed by atoms with van der Waals surface area (Å²) in [5.41, 5.74) is -0.166. The summed E-state index contributed by atoms with van der Waals surface area (Å²) in [5.74, 6) is 0.831. The van der Waals surface area contributed by atoms with Crippen LogP contribution in [-0.2, 0) is 11.8 Å².